The van der Waals surface area contributed by atoms with Gasteiger partial charge in [-0.25, -0.2) is 19.2 Å². The molecule has 339 valence electrons. The predicted molar refractivity (Wildman–Crippen MR) is 260 cm³/mol. The van der Waals surface area contributed by atoms with Crippen LogP contribution in [0.3, 0.4) is 0 Å². The number of carbonyl (C=O) groups excluding carboxylic acids is 2. The quantitative estimate of drug-likeness (QED) is 0.0820. The molecule has 8 nitrogen and oxygen atoms in total. The van der Waals surface area contributed by atoms with E-state index in [0.717, 1.165) is 25.7 Å². The molecule has 4 aromatic rings. The maximum absolute atomic E-state index is 11.3. The Balaban J connectivity index is -0.0000000908. The number of carbonyl (C=O) groups is 4. The zero-order valence-electron chi connectivity index (χ0n) is 37.8. The molecule has 0 spiro atoms. The molecule has 0 saturated carbocycles. The Bertz CT molecular complexity index is 1290. The Morgan fingerprint density at radius 1 is 0.383 bits per heavy atom. The lowest BCUT2D eigenvalue weighted by Gasteiger charge is -2.02. The van der Waals surface area contributed by atoms with Crippen LogP contribution < -0.4 is 0 Å². The highest BCUT2D eigenvalue weighted by Crippen LogP contribution is 2.03. The fourth-order valence-corrected chi connectivity index (χ4v) is 3.45. The van der Waals surface area contributed by atoms with Gasteiger partial charge in [-0.15, -0.1) is 0 Å². The molecule has 0 amide bonds. The number of unbranched alkanes of at least 4 members (excludes halogenated alkanes) is 4. The Morgan fingerprint density at radius 2 is 0.583 bits per heavy atom. The Morgan fingerprint density at radius 3 is 0.733 bits per heavy atom. The summed E-state index contributed by atoms with van der Waals surface area (Å²) in [6.07, 6.45) is 8.02. The van der Waals surface area contributed by atoms with Crippen LogP contribution in [0.2, 0.25) is 0 Å². The molecular formula is C51H84BO8. The Labute approximate surface area is 369 Å². The minimum Gasteiger partial charge on any atom is -0.478 e. The largest absolute Gasteiger partial charge is 0.478 e. The van der Waals surface area contributed by atoms with Crippen molar-refractivity contribution in [1.29, 1.82) is 0 Å². The third-order valence-corrected chi connectivity index (χ3v) is 6.23. The first-order chi connectivity index (χ1) is 27.7. The molecule has 9 heteroatoms. The van der Waals surface area contributed by atoms with Gasteiger partial charge in [0, 0.05) is 8.41 Å². The molecule has 0 atom stereocenters. The summed E-state index contributed by atoms with van der Waals surface area (Å²) >= 11 is 0. The highest BCUT2D eigenvalue weighted by molar-refractivity contribution is 5.90. The summed E-state index contributed by atoms with van der Waals surface area (Å²) in [7, 11) is 0. The third-order valence-electron chi connectivity index (χ3n) is 6.23. The van der Waals surface area contributed by atoms with Crippen molar-refractivity contribution in [3.05, 3.63) is 144 Å². The van der Waals surface area contributed by atoms with Gasteiger partial charge >= 0.3 is 23.9 Å². The van der Waals surface area contributed by atoms with Crippen molar-refractivity contribution in [3.63, 3.8) is 0 Å². The Hall–Kier alpha value is -5.18. The predicted octanol–water partition coefficient (Wildman–Crippen LogP) is 15.2. The first-order valence-corrected chi connectivity index (χ1v) is 20.7. The summed E-state index contributed by atoms with van der Waals surface area (Å²) in [6.45, 7) is 25.6. The van der Waals surface area contributed by atoms with Gasteiger partial charge in [-0.05, 0) is 61.4 Å². The standard InChI is InChI=1S/2C11H14O2.2C7H6O2.C5H12.4C2H6.2CH4.B/c2*1-2-3-9-13-11(12)10-7-5-4-6-8-10;2*8-7(9)6-4-2-1-3-5-6;1-3-5-4-2;4*1-2;;;/h2*4-8H,2-3,9H2,1H3;2*1-5H,(H,8,9);3-5H2,1-2H3;4*1-2H3;2*1H4;. The summed E-state index contributed by atoms with van der Waals surface area (Å²) in [5.74, 6) is -2.21. The monoisotopic (exact) mass is 836 g/mol. The van der Waals surface area contributed by atoms with Crippen LogP contribution in [0, 0.1) is 0 Å². The van der Waals surface area contributed by atoms with E-state index >= 15 is 0 Å². The van der Waals surface area contributed by atoms with Crippen LogP contribution in [0.5, 0.6) is 0 Å². The number of benzene rings is 4. The molecule has 0 saturated heterocycles. The zero-order chi connectivity index (χ0) is 44.5. The SMILES string of the molecule is C.C.CC.CC.CC.CC.CCCCC.CCCCOC(=O)c1ccccc1.CCCCOC(=O)c1ccccc1.O=C(O)c1ccccc1.O=C(O)c1ccccc1.[B]. The van der Waals surface area contributed by atoms with Gasteiger partial charge in [-0.3, -0.25) is 0 Å². The van der Waals surface area contributed by atoms with Crippen LogP contribution in [-0.4, -0.2) is 55.7 Å². The molecule has 4 rings (SSSR count). The van der Waals surface area contributed by atoms with Crippen molar-refractivity contribution in [1.82, 2.24) is 0 Å². The molecule has 0 bridgehead atoms. The van der Waals surface area contributed by atoms with E-state index in [1.807, 2.05) is 91.8 Å². The van der Waals surface area contributed by atoms with E-state index < -0.39 is 11.9 Å². The number of esters is 2. The van der Waals surface area contributed by atoms with Crippen molar-refractivity contribution < 1.29 is 38.9 Å². The van der Waals surface area contributed by atoms with E-state index in [2.05, 4.69) is 27.7 Å². The second kappa shape index (κ2) is 60.5. The summed E-state index contributed by atoms with van der Waals surface area (Å²) in [5.41, 5.74) is 1.91. The van der Waals surface area contributed by atoms with E-state index in [1.54, 1.807) is 84.9 Å². The van der Waals surface area contributed by atoms with Gasteiger partial charge in [0.1, 0.15) is 0 Å². The molecular weight excluding hydrogens is 751 g/mol. The van der Waals surface area contributed by atoms with Gasteiger partial charge in [0.25, 0.3) is 0 Å². The highest BCUT2D eigenvalue weighted by Gasteiger charge is 2.05. The molecule has 0 aliphatic heterocycles. The molecule has 0 fully saturated rings. The van der Waals surface area contributed by atoms with Crippen molar-refractivity contribution in [2.75, 3.05) is 13.2 Å². The lowest BCUT2D eigenvalue weighted by Crippen LogP contribution is -2.05. The number of hydrogen-bond acceptors (Lipinski definition) is 6. The molecule has 0 heterocycles. The van der Waals surface area contributed by atoms with Crippen LogP contribution in [0.1, 0.15) is 184 Å². The second-order valence-electron chi connectivity index (χ2n) is 10.4. The van der Waals surface area contributed by atoms with E-state index in [-0.39, 0.29) is 35.2 Å². The number of hydrogen-bond donors (Lipinski definition) is 2. The van der Waals surface area contributed by atoms with E-state index in [9.17, 15) is 19.2 Å². The summed E-state index contributed by atoms with van der Waals surface area (Å²) in [4.78, 5) is 43.0. The minimum absolute atomic E-state index is 0. The highest BCUT2D eigenvalue weighted by atomic mass is 16.5. The van der Waals surface area contributed by atoms with Gasteiger partial charge in [-0.2, -0.15) is 0 Å². The number of rotatable bonds is 12. The first kappa shape index (κ1) is 72.4. The lowest BCUT2D eigenvalue weighted by atomic mass is 10.2. The van der Waals surface area contributed by atoms with E-state index in [4.69, 9.17) is 19.7 Å². The molecule has 2 N–H and O–H groups in total. The smallest absolute Gasteiger partial charge is 0.338 e. The number of carboxylic acids is 2. The third kappa shape index (κ3) is 47.2. The van der Waals surface area contributed by atoms with E-state index in [0.29, 0.717) is 35.5 Å². The minimum atomic E-state index is -0.879. The first-order valence-electron chi connectivity index (χ1n) is 20.7. The molecule has 0 aromatic heterocycles. The maximum Gasteiger partial charge on any atom is 0.338 e. The molecule has 0 unspecified atom stereocenters. The van der Waals surface area contributed by atoms with Crippen LogP contribution in [-0.2, 0) is 9.47 Å². The summed E-state index contributed by atoms with van der Waals surface area (Å²) in [6, 6.07) is 34.7. The van der Waals surface area contributed by atoms with Gasteiger partial charge in [0.2, 0.25) is 0 Å². The summed E-state index contributed by atoms with van der Waals surface area (Å²) in [5, 5.41) is 16.8. The van der Waals surface area contributed by atoms with Crippen LogP contribution in [0.4, 0.5) is 0 Å². The fraction of sp³-hybridized carbons (Fsp3) is 0.451. The van der Waals surface area contributed by atoms with Gasteiger partial charge in [0.15, 0.2) is 0 Å². The molecule has 0 aliphatic carbocycles. The van der Waals surface area contributed by atoms with Crippen LogP contribution in [0.25, 0.3) is 0 Å². The average Bonchev–Trinajstić information content (AvgIpc) is 3.29. The fourth-order valence-electron chi connectivity index (χ4n) is 3.45. The second-order valence-corrected chi connectivity index (χ2v) is 10.4. The van der Waals surface area contributed by atoms with Gasteiger partial charge < -0.3 is 19.7 Å². The average molecular weight is 836 g/mol. The number of aromatic carboxylic acids is 2. The number of carboxylic acid groups (broad SMARTS) is 2. The van der Waals surface area contributed by atoms with Gasteiger partial charge in [0.05, 0.1) is 35.5 Å². The van der Waals surface area contributed by atoms with Gasteiger partial charge in [-0.1, -0.05) is 203 Å². The Kier molecular flexibility index (Phi) is 73.0. The van der Waals surface area contributed by atoms with Crippen LogP contribution in [0.15, 0.2) is 121 Å². The molecule has 60 heavy (non-hydrogen) atoms. The molecule has 4 aromatic carbocycles. The maximum atomic E-state index is 11.3. The normalized spacial score (nSPS) is 7.93. The van der Waals surface area contributed by atoms with E-state index in [1.165, 1.54) is 19.3 Å². The molecule has 3 radical (unpaired) electrons. The number of ether oxygens (including phenoxy) is 2. The topological polar surface area (TPSA) is 127 Å². The zero-order valence-corrected chi connectivity index (χ0v) is 37.8. The van der Waals surface area contributed by atoms with Crippen LogP contribution >= 0.6 is 0 Å². The molecule has 0 aliphatic rings. The van der Waals surface area contributed by atoms with Crippen molar-refractivity contribution in [2.45, 2.75) is 143 Å². The van der Waals surface area contributed by atoms with Crippen molar-refractivity contribution in [2.24, 2.45) is 0 Å². The summed E-state index contributed by atoms with van der Waals surface area (Å²) < 4.78 is 10.1. The lowest BCUT2D eigenvalue weighted by molar-refractivity contribution is 0.0490. The van der Waals surface area contributed by atoms with Crippen molar-refractivity contribution >= 4 is 32.3 Å². The van der Waals surface area contributed by atoms with Crippen molar-refractivity contribution in [3.8, 4) is 0 Å².